The zero-order chi connectivity index (χ0) is 25.0. The van der Waals surface area contributed by atoms with Crippen molar-refractivity contribution < 1.29 is 28.8 Å². The second-order valence-corrected chi connectivity index (χ2v) is 9.00. The summed E-state index contributed by atoms with van der Waals surface area (Å²) < 4.78 is 7.59. The lowest BCUT2D eigenvalue weighted by molar-refractivity contribution is -0.121. The van der Waals surface area contributed by atoms with Crippen LogP contribution in [0.25, 0.3) is 0 Å². The lowest BCUT2D eigenvalue weighted by atomic mass is 10.2. The number of rotatable bonds is 11. The van der Waals surface area contributed by atoms with Crippen LogP contribution in [-0.2, 0) is 20.2 Å². The largest absolute Gasteiger partial charge is 0.447 e. The van der Waals surface area contributed by atoms with E-state index in [1.54, 1.807) is 23.9 Å². The fraction of sp³-hybridized carbons (Fsp3) is 0.400. The van der Waals surface area contributed by atoms with Crippen molar-refractivity contribution in [2.24, 2.45) is 5.16 Å². The van der Waals surface area contributed by atoms with E-state index in [9.17, 15) is 14.4 Å². The number of amides is 3. The molecular weight excluding hydrogens is 470 g/mol. The van der Waals surface area contributed by atoms with E-state index < -0.39 is 18.1 Å². The van der Waals surface area contributed by atoms with Crippen LogP contribution in [0.1, 0.15) is 12.5 Å². The van der Waals surface area contributed by atoms with Gasteiger partial charge >= 0.3 is 12.2 Å². The summed E-state index contributed by atoms with van der Waals surface area (Å²) in [5.74, 6) is 1.53. The van der Waals surface area contributed by atoms with Crippen LogP contribution in [0, 0.1) is 0 Å². The van der Waals surface area contributed by atoms with E-state index in [1.165, 1.54) is 40.2 Å². The topological polar surface area (TPSA) is 113 Å². The normalized spacial score (nSPS) is 10.8. The van der Waals surface area contributed by atoms with Gasteiger partial charge in [0.25, 0.3) is 5.91 Å². The van der Waals surface area contributed by atoms with E-state index in [4.69, 9.17) is 14.4 Å². The Morgan fingerprint density at radius 3 is 2.33 bits per heavy atom. The average molecular weight is 500 g/mol. The second-order valence-electron chi connectivity index (χ2n) is 6.47. The van der Waals surface area contributed by atoms with Gasteiger partial charge in [-0.2, -0.15) is 11.8 Å². The van der Waals surface area contributed by atoms with E-state index in [1.807, 2.05) is 19.1 Å². The number of hydroxylamine groups is 1. The standard InChI is InChI=1S/C20H29N5O6S2/c1-8-32-13-15-11-9-10-12-16(15)30-19(27)24(5)33-25(6)20(28)31-22-17(14(2)21-29-7)18(26)23(3)4/h9-12,21H,2,8,13H2,1,3-7H3. The van der Waals surface area contributed by atoms with Crippen LogP contribution >= 0.6 is 23.9 Å². The smallest absolute Gasteiger partial charge is 0.409 e. The Morgan fingerprint density at radius 2 is 1.73 bits per heavy atom. The lowest BCUT2D eigenvalue weighted by Crippen LogP contribution is -2.35. The Labute approximate surface area is 202 Å². The number of para-hydroxylation sites is 1. The number of hydrogen-bond acceptors (Lipinski definition) is 10. The van der Waals surface area contributed by atoms with E-state index in [0.717, 1.165) is 32.1 Å². The third-order valence-corrected chi connectivity index (χ3v) is 5.44. The molecule has 0 aliphatic carbocycles. The Bertz CT molecular complexity index is 880. The minimum Gasteiger partial charge on any atom is -0.409 e. The molecule has 0 aromatic heterocycles. The van der Waals surface area contributed by atoms with Crippen molar-refractivity contribution in [1.29, 1.82) is 0 Å². The Morgan fingerprint density at radius 1 is 1.09 bits per heavy atom. The lowest BCUT2D eigenvalue weighted by Gasteiger charge is -2.21. The molecule has 0 radical (unpaired) electrons. The Kier molecular flexibility index (Phi) is 12.2. The highest BCUT2D eigenvalue weighted by Gasteiger charge is 2.23. The Hall–Kier alpha value is -2.90. The van der Waals surface area contributed by atoms with Crippen LogP contribution in [-0.4, -0.2) is 78.4 Å². The van der Waals surface area contributed by atoms with Gasteiger partial charge in [-0.3, -0.25) is 19.9 Å². The molecule has 0 unspecified atom stereocenters. The summed E-state index contributed by atoms with van der Waals surface area (Å²) in [5.41, 5.74) is 3.00. The zero-order valence-electron chi connectivity index (χ0n) is 19.5. The van der Waals surface area contributed by atoms with Crippen molar-refractivity contribution in [3.63, 3.8) is 0 Å². The highest BCUT2D eigenvalue weighted by molar-refractivity contribution is 7.98. The van der Waals surface area contributed by atoms with Crippen molar-refractivity contribution in [2.45, 2.75) is 12.7 Å². The van der Waals surface area contributed by atoms with Gasteiger partial charge in [0, 0.05) is 39.5 Å². The molecule has 0 aliphatic rings. The molecule has 33 heavy (non-hydrogen) atoms. The monoisotopic (exact) mass is 499 g/mol. The van der Waals surface area contributed by atoms with Gasteiger partial charge in [0.05, 0.1) is 24.9 Å². The minimum atomic E-state index is -0.936. The number of benzene rings is 1. The van der Waals surface area contributed by atoms with Crippen molar-refractivity contribution in [3.05, 3.63) is 42.1 Å². The molecule has 1 aromatic carbocycles. The summed E-state index contributed by atoms with van der Waals surface area (Å²) in [6, 6.07) is 7.24. The first-order valence-corrected chi connectivity index (χ1v) is 11.5. The quantitative estimate of drug-likeness (QED) is 0.212. The molecule has 1 aromatic rings. The third kappa shape index (κ3) is 9.24. The van der Waals surface area contributed by atoms with Crippen molar-refractivity contribution in [3.8, 4) is 5.75 Å². The van der Waals surface area contributed by atoms with Crippen molar-refractivity contribution >= 4 is 47.7 Å². The maximum Gasteiger partial charge on any atom is 0.447 e. The molecule has 0 bridgehead atoms. The molecule has 0 heterocycles. The van der Waals surface area contributed by atoms with E-state index in [2.05, 4.69) is 17.2 Å². The SMILES string of the molecule is C=C(NOC)C(=NOC(=O)N(C)SN(C)C(=O)Oc1ccccc1CSCC)C(=O)N(C)C. The number of nitrogens with zero attached hydrogens (tertiary/aromatic N) is 4. The molecular formula is C20H29N5O6S2. The zero-order valence-corrected chi connectivity index (χ0v) is 21.1. The first-order valence-electron chi connectivity index (χ1n) is 9.64. The molecule has 3 amide bonds. The van der Waals surface area contributed by atoms with Crippen LogP contribution in [0.2, 0.25) is 0 Å². The molecule has 1 N–H and O–H groups in total. The van der Waals surface area contributed by atoms with Crippen molar-refractivity contribution in [2.75, 3.05) is 41.1 Å². The van der Waals surface area contributed by atoms with E-state index >= 15 is 0 Å². The fourth-order valence-electron chi connectivity index (χ4n) is 2.09. The minimum absolute atomic E-state index is 0.0000893. The first-order chi connectivity index (χ1) is 15.6. The molecule has 13 heteroatoms. The number of carbonyl (C=O) groups excluding carboxylic acids is 3. The van der Waals surface area contributed by atoms with Gasteiger partial charge in [-0.25, -0.2) is 18.2 Å². The maximum absolute atomic E-state index is 12.5. The number of ether oxygens (including phenoxy) is 1. The van der Waals surface area contributed by atoms with Crippen LogP contribution in [0.4, 0.5) is 9.59 Å². The van der Waals surface area contributed by atoms with Crippen LogP contribution < -0.4 is 10.2 Å². The van der Waals surface area contributed by atoms with Crippen LogP contribution in [0.5, 0.6) is 5.75 Å². The number of carbonyl (C=O) groups is 3. The second kappa shape index (κ2) is 14.3. The van der Waals surface area contributed by atoms with Gasteiger partial charge in [-0.05, 0) is 11.8 Å². The Balaban J connectivity index is 2.77. The summed E-state index contributed by atoms with van der Waals surface area (Å²) in [7, 11) is 7.14. The van der Waals surface area contributed by atoms with Gasteiger partial charge in [0.15, 0.2) is 5.71 Å². The third-order valence-electron chi connectivity index (χ3n) is 3.73. The number of nitrogens with one attached hydrogen (secondary N) is 1. The summed E-state index contributed by atoms with van der Waals surface area (Å²) >= 11 is 2.43. The summed E-state index contributed by atoms with van der Waals surface area (Å²) in [6.07, 6.45) is -1.62. The predicted octanol–water partition coefficient (Wildman–Crippen LogP) is 3.11. The molecule has 1 rings (SSSR count). The maximum atomic E-state index is 12.5. The van der Waals surface area contributed by atoms with E-state index in [0.29, 0.717) is 11.5 Å². The molecule has 182 valence electrons. The molecule has 0 aliphatic heterocycles. The van der Waals surface area contributed by atoms with Crippen molar-refractivity contribution in [1.82, 2.24) is 19.0 Å². The predicted molar refractivity (Wildman–Crippen MR) is 129 cm³/mol. The fourth-order valence-corrected chi connectivity index (χ4v) is 3.33. The molecule has 0 fully saturated rings. The highest BCUT2D eigenvalue weighted by Crippen LogP contribution is 2.24. The molecule has 0 spiro atoms. The summed E-state index contributed by atoms with van der Waals surface area (Å²) in [5, 5.41) is 3.59. The van der Waals surface area contributed by atoms with Crippen LogP contribution in [0.3, 0.4) is 0 Å². The number of hydrogen-bond donors (Lipinski definition) is 1. The number of thioether (sulfide) groups is 1. The molecule has 0 saturated carbocycles. The van der Waals surface area contributed by atoms with Gasteiger partial charge < -0.3 is 9.64 Å². The highest BCUT2D eigenvalue weighted by atomic mass is 32.2. The van der Waals surface area contributed by atoms with Crippen LogP contribution in [0.15, 0.2) is 41.7 Å². The number of oxime groups is 1. The first kappa shape index (κ1) is 28.1. The van der Waals surface area contributed by atoms with E-state index in [-0.39, 0.29) is 11.4 Å². The average Bonchev–Trinajstić information content (AvgIpc) is 2.78. The molecule has 0 saturated heterocycles. The summed E-state index contributed by atoms with van der Waals surface area (Å²) in [6.45, 7) is 5.66. The molecule has 0 atom stereocenters. The van der Waals surface area contributed by atoms with Gasteiger partial charge in [0.1, 0.15) is 5.75 Å². The van der Waals surface area contributed by atoms with Gasteiger partial charge in [-0.15, -0.1) is 0 Å². The summed E-state index contributed by atoms with van der Waals surface area (Å²) in [4.78, 5) is 47.8. The molecule has 11 nitrogen and oxygen atoms in total. The van der Waals surface area contributed by atoms with Gasteiger partial charge in [0.2, 0.25) is 0 Å². The van der Waals surface area contributed by atoms with Gasteiger partial charge in [-0.1, -0.05) is 36.9 Å².